The largest absolute Gasteiger partial charge is 0.461 e. The van der Waals surface area contributed by atoms with Crippen molar-refractivity contribution in [1.82, 2.24) is 29.5 Å². The summed E-state index contributed by atoms with van der Waals surface area (Å²) in [7, 11) is 3.94. The number of likely N-dealkylation sites (N-methyl/N-ethyl adjacent to an activating group) is 1. The van der Waals surface area contributed by atoms with Gasteiger partial charge in [-0.25, -0.2) is 18.3 Å². The summed E-state index contributed by atoms with van der Waals surface area (Å²) in [5, 5.41) is 7.51. The van der Waals surface area contributed by atoms with Gasteiger partial charge in [-0.05, 0) is 47.0 Å². The first-order valence-corrected chi connectivity index (χ1v) is 10.8. The average Bonchev–Trinajstić information content (AvgIpc) is 3.22. The van der Waals surface area contributed by atoms with Crippen molar-refractivity contribution in [3.8, 4) is 17.3 Å². The molecule has 1 aromatic carbocycles. The Kier molecular flexibility index (Phi) is 6.43. The fourth-order valence-corrected chi connectivity index (χ4v) is 3.23. The zero-order valence-corrected chi connectivity index (χ0v) is 19.8. The molecule has 0 fully saturated rings. The highest BCUT2D eigenvalue weighted by Crippen LogP contribution is 2.28. The molecule has 0 saturated heterocycles. The van der Waals surface area contributed by atoms with Crippen molar-refractivity contribution in [2.24, 2.45) is 0 Å². The lowest BCUT2D eigenvalue weighted by Crippen LogP contribution is -2.43. The SMILES string of the molecule is C[C@H](Nc1cc(-c2cnn3cccnc23)nc(OCC(C)(C)N(C)C)n1)c1ccc(F)cc1F. The molecule has 0 aliphatic heterocycles. The van der Waals surface area contributed by atoms with Crippen molar-refractivity contribution in [2.75, 3.05) is 26.0 Å². The molecule has 0 aliphatic carbocycles. The van der Waals surface area contributed by atoms with Gasteiger partial charge in [-0.2, -0.15) is 15.1 Å². The molecule has 4 rings (SSSR count). The molecule has 3 aromatic heterocycles. The molecule has 0 unspecified atom stereocenters. The van der Waals surface area contributed by atoms with Gasteiger partial charge in [0.2, 0.25) is 0 Å². The van der Waals surface area contributed by atoms with Crippen molar-refractivity contribution in [2.45, 2.75) is 32.4 Å². The second kappa shape index (κ2) is 9.30. The molecule has 178 valence electrons. The number of benzene rings is 1. The molecule has 34 heavy (non-hydrogen) atoms. The molecule has 1 N–H and O–H groups in total. The van der Waals surface area contributed by atoms with Crippen LogP contribution in [0.4, 0.5) is 14.6 Å². The van der Waals surface area contributed by atoms with Gasteiger partial charge in [-0.1, -0.05) is 6.07 Å². The van der Waals surface area contributed by atoms with E-state index < -0.39 is 17.7 Å². The monoisotopic (exact) mass is 467 g/mol. The highest BCUT2D eigenvalue weighted by molar-refractivity contribution is 5.75. The first-order chi connectivity index (χ1) is 16.1. The van der Waals surface area contributed by atoms with Crippen LogP contribution in [0.2, 0.25) is 0 Å². The van der Waals surface area contributed by atoms with Gasteiger partial charge >= 0.3 is 6.01 Å². The molecule has 0 bridgehead atoms. The third-order valence-electron chi connectivity index (χ3n) is 5.82. The number of rotatable bonds is 8. The lowest BCUT2D eigenvalue weighted by Gasteiger charge is -2.31. The number of ether oxygens (including phenoxy) is 1. The molecule has 3 heterocycles. The van der Waals surface area contributed by atoms with Gasteiger partial charge < -0.3 is 15.0 Å². The molecule has 0 saturated carbocycles. The Morgan fingerprint density at radius 3 is 2.71 bits per heavy atom. The topological polar surface area (TPSA) is 80.5 Å². The van der Waals surface area contributed by atoms with E-state index in [1.165, 1.54) is 12.1 Å². The minimum atomic E-state index is -0.634. The van der Waals surface area contributed by atoms with Crippen molar-refractivity contribution in [3.63, 3.8) is 0 Å². The van der Waals surface area contributed by atoms with Crippen molar-refractivity contribution in [1.29, 1.82) is 0 Å². The van der Waals surface area contributed by atoms with Crippen LogP contribution in [-0.2, 0) is 0 Å². The maximum atomic E-state index is 14.3. The molecular weight excluding hydrogens is 440 g/mol. The lowest BCUT2D eigenvalue weighted by atomic mass is 10.1. The summed E-state index contributed by atoms with van der Waals surface area (Å²) in [5.74, 6) is -0.836. The summed E-state index contributed by atoms with van der Waals surface area (Å²) in [6.07, 6.45) is 5.14. The second-order valence-corrected chi connectivity index (χ2v) is 8.89. The van der Waals surface area contributed by atoms with Gasteiger partial charge in [-0.3, -0.25) is 0 Å². The van der Waals surface area contributed by atoms with Crippen LogP contribution < -0.4 is 10.1 Å². The normalized spacial score (nSPS) is 12.8. The van der Waals surface area contributed by atoms with Gasteiger partial charge in [0, 0.05) is 35.6 Å². The van der Waals surface area contributed by atoms with E-state index in [9.17, 15) is 8.78 Å². The molecule has 0 radical (unpaired) electrons. The Morgan fingerprint density at radius 1 is 1.18 bits per heavy atom. The van der Waals surface area contributed by atoms with E-state index in [-0.39, 0.29) is 11.5 Å². The van der Waals surface area contributed by atoms with Gasteiger partial charge in [0.1, 0.15) is 24.1 Å². The Morgan fingerprint density at radius 2 is 1.97 bits per heavy atom. The lowest BCUT2D eigenvalue weighted by molar-refractivity contribution is 0.108. The number of hydrogen-bond donors (Lipinski definition) is 1. The molecule has 1 atom stereocenters. The van der Waals surface area contributed by atoms with Crippen LogP contribution in [0.3, 0.4) is 0 Å². The number of nitrogens with zero attached hydrogens (tertiary/aromatic N) is 6. The number of aromatic nitrogens is 5. The summed E-state index contributed by atoms with van der Waals surface area (Å²) in [6.45, 7) is 6.21. The zero-order chi connectivity index (χ0) is 24.5. The Labute approximate surface area is 196 Å². The molecule has 4 aromatic rings. The fraction of sp³-hybridized carbons (Fsp3) is 0.333. The van der Waals surface area contributed by atoms with Crippen LogP contribution in [0.25, 0.3) is 16.9 Å². The van der Waals surface area contributed by atoms with E-state index in [1.54, 1.807) is 42.2 Å². The first kappa shape index (κ1) is 23.5. The van der Waals surface area contributed by atoms with Crippen molar-refractivity contribution >= 4 is 11.5 Å². The predicted molar refractivity (Wildman–Crippen MR) is 126 cm³/mol. The third-order valence-corrected chi connectivity index (χ3v) is 5.82. The maximum absolute atomic E-state index is 14.3. The Balaban J connectivity index is 1.70. The van der Waals surface area contributed by atoms with Crippen LogP contribution in [0.1, 0.15) is 32.4 Å². The summed E-state index contributed by atoms with van der Waals surface area (Å²) in [6, 6.07) is 6.69. The first-order valence-electron chi connectivity index (χ1n) is 10.8. The Bertz CT molecular complexity index is 1310. The van der Waals surface area contributed by atoms with Crippen LogP contribution >= 0.6 is 0 Å². The van der Waals surface area contributed by atoms with E-state index in [2.05, 4.69) is 25.4 Å². The highest BCUT2D eigenvalue weighted by Gasteiger charge is 2.23. The molecule has 0 amide bonds. The zero-order valence-electron chi connectivity index (χ0n) is 19.8. The van der Waals surface area contributed by atoms with Crippen LogP contribution in [0.15, 0.2) is 48.9 Å². The molecule has 10 heteroatoms. The number of fused-ring (bicyclic) bond motifs is 1. The van der Waals surface area contributed by atoms with Gasteiger partial charge in [0.25, 0.3) is 0 Å². The van der Waals surface area contributed by atoms with Crippen molar-refractivity contribution in [3.05, 3.63) is 66.1 Å². The second-order valence-electron chi connectivity index (χ2n) is 8.89. The maximum Gasteiger partial charge on any atom is 0.318 e. The minimum absolute atomic E-state index is 0.164. The summed E-state index contributed by atoms with van der Waals surface area (Å²) >= 11 is 0. The van der Waals surface area contributed by atoms with Gasteiger partial charge in [-0.15, -0.1) is 0 Å². The average molecular weight is 468 g/mol. The van der Waals surface area contributed by atoms with Crippen molar-refractivity contribution < 1.29 is 13.5 Å². The van der Waals surface area contributed by atoms with Crippen LogP contribution in [-0.4, -0.2) is 55.7 Å². The molecule has 0 aliphatic rings. The van der Waals surface area contributed by atoms with E-state index in [0.29, 0.717) is 34.9 Å². The minimum Gasteiger partial charge on any atom is -0.461 e. The third kappa shape index (κ3) is 4.96. The number of hydrogen-bond acceptors (Lipinski definition) is 7. The number of halogens is 2. The summed E-state index contributed by atoms with van der Waals surface area (Å²) in [4.78, 5) is 15.5. The molecule has 8 nitrogen and oxygen atoms in total. The highest BCUT2D eigenvalue weighted by atomic mass is 19.1. The Hall–Kier alpha value is -3.66. The number of anilines is 1. The smallest absolute Gasteiger partial charge is 0.318 e. The van der Waals surface area contributed by atoms with Gasteiger partial charge in [0.05, 0.1) is 23.5 Å². The number of nitrogens with one attached hydrogen (secondary N) is 1. The van der Waals surface area contributed by atoms with Crippen LogP contribution in [0, 0.1) is 11.6 Å². The summed E-state index contributed by atoms with van der Waals surface area (Å²) < 4.78 is 35.3. The predicted octanol–water partition coefficient (Wildman–Crippen LogP) is 4.36. The van der Waals surface area contributed by atoms with Gasteiger partial charge in [0.15, 0.2) is 5.65 Å². The standard InChI is InChI=1S/C24H27F2N7O/c1-15(17-8-7-16(25)11-19(17)26)29-21-12-20(18-13-28-33-10-6-9-27-22(18)33)30-23(31-21)34-14-24(2,3)32(4)5/h6-13,15H,14H2,1-5H3,(H,29,30,31)/t15-/m0/s1. The molecule has 0 spiro atoms. The van der Waals surface area contributed by atoms with E-state index in [0.717, 1.165) is 6.07 Å². The van der Waals surface area contributed by atoms with E-state index in [1.807, 2.05) is 32.8 Å². The van der Waals surface area contributed by atoms with E-state index >= 15 is 0 Å². The van der Waals surface area contributed by atoms with Crippen LogP contribution in [0.5, 0.6) is 6.01 Å². The van der Waals surface area contributed by atoms with E-state index in [4.69, 9.17) is 4.74 Å². The molecular formula is C24H27F2N7O. The quantitative estimate of drug-likeness (QED) is 0.412. The fourth-order valence-electron chi connectivity index (χ4n) is 3.23. The summed E-state index contributed by atoms with van der Waals surface area (Å²) in [5.41, 5.74) is 1.93.